The average Bonchev–Trinajstić information content (AvgIpc) is 2.59. The van der Waals surface area contributed by atoms with Gasteiger partial charge in [-0.25, -0.2) is 0 Å². The van der Waals surface area contributed by atoms with Gasteiger partial charge >= 0.3 is 0 Å². The SMILES string of the molecule is COc1c(C)cnc(CC2(N)CCCCCC2)c1C. The summed E-state index contributed by atoms with van der Waals surface area (Å²) >= 11 is 0. The number of hydrogen-bond donors (Lipinski definition) is 1. The van der Waals surface area contributed by atoms with Crippen molar-refractivity contribution in [3.05, 3.63) is 23.0 Å². The minimum Gasteiger partial charge on any atom is -0.496 e. The topological polar surface area (TPSA) is 48.1 Å². The van der Waals surface area contributed by atoms with Crippen molar-refractivity contribution in [2.45, 2.75) is 64.3 Å². The Morgan fingerprint density at radius 2 is 1.84 bits per heavy atom. The molecule has 3 nitrogen and oxygen atoms in total. The van der Waals surface area contributed by atoms with E-state index in [1.165, 1.54) is 25.7 Å². The summed E-state index contributed by atoms with van der Waals surface area (Å²) in [5.74, 6) is 0.960. The van der Waals surface area contributed by atoms with Crippen molar-refractivity contribution in [3.63, 3.8) is 0 Å². The summed E-state index contributed by atoms with van der Waals surface area (Å²) in [6.45, 7) is 4.13. The predicted octanol–water partition coefficient (Wildman–Crippen LogP) is 3.30. The quantitative estimate of drug-likeness (QED) is 0.850. The maximum Gasteiger partial charge on any atom is 0.128 e. The Morgan fingerprint density at radius 1 is 1.21 bits per heavy atom. The van der Waals surface area contributed by atoms with Crippen LogP contribution in [0.2, 0.25) is 0 Å². The molecule has 0 atom stereocenters. The Labute approximate surface area is 116 Å². The molecular weight excluding hydrogens is 236 g/mol. The van der Waals surface area contributed by atoms with Crippen molar-refractivity contribution in [2.24, 2.45) is 5.73 Å². The van der Waals surface area contributed by atoms with Crippen LogP contribution in [0.3, 0.4) is 0 Å². The van der Waals surface area contributed by atoms with Crippen LogP contribution in [0.25, 0.3) is 0 Å². The van der Waals surface area contributed by atoms with Crippen LogP contribution in [0.15, 0.2) is 6.20 Å². The van der Waals surface area contributed by atoms with E-state index in [0.29, 0.717) is 0 Å². The molecule has 0 radical (unpaired) electrons. The molecule has 0 aliphatic heterocycles. The van der Waals surface area contributed by atoms with E-state index in [4.69, 9.17) is 10.5 Å². The van der Waals surface area contributed by atoms with E-state index in [2.05, 4.69) is 11.9 Å². The van der Waals surface area contributed by atoms with Crippen LogP contribution in [0.4, 0.5) is 0 Å². The van der Waals surface area contributed by atoms with Gasteiger partial charge in [0.2, 0.25) is 0 Å². The highest BCUT2D eigenvalue weighted by atomic mass is 16.5. The Hall–Kier alpha value is -1.09. The molecule has 0 saturated heterocycles. The third-order valence-electron chi connectivity index (χ3n) is 4.37. The number of aromatic nitrogens is 1. The van der Waals surface area contributed by atoms with Crippen LogP contribution in [-0.2, 0) is 6.42 Å². The molecule has 1 saturated carbocycles. The van der Waals surface area contributed by atoms with E-state index in [0.717, 1.165) is 41.8 Å². The van der Waals surface area contributed by atoms with Gasteiger partial charge in [0.1, 0.15) is 5.75 Å². The minimum absolute atomic E-state index is 0.0749. The number of nitrogens with two attached hydrogens (primary N) is 1. The van der Waals surface area contributed by atoms with Gasteiger partial charge in [-0.2, -0.15) is 0 Å². The molecule has 2 N–H and O–H groups in total. The van der Waals surface area contributed by atoms with Gasteiger partial charge in [0, 0.05) is 35.0 Å². The highest BCUT2D eigenvalue weighted by molar-refractivity contribution is 5.41. The van der Waals surface area contributed by atoms with E-state index in [-0.39, 0.29) is 5.54 Å². The minimum atomic E-state index is -0.0749. The molecule has 1 aliphatic carbocycles. The van der Waals surface area contributed by atoms with Gasteiger partial charge in [-0.3, -0.25) is 4.98 Å². The largest absolute Gasteiger partial charge is 0.496 e. The zero-order chi connectivity index (χ0) is 13.9. The Balaban J connectivity index is 2.22. The van der Waals surface area contributed by atoms with Crippen molar-refractivity contribution in [1.29, 1.82) is 0 Å². The van der Waals surface area contributed by atoms with E-state index in [1.54, 1.807) is 7.11 Å². The number of pyridine rings is 1. The molecule has 1 heterocycles. The van der Waals surface area contributed by atoms with E-state index in [9.17, 15) is 0 Å². The first-order valence-corrected chi connectivity index (χ1v) is 7.34. The molecule has 0 spiro atoms. The van der Waals surface area contributed by atoms with Gasteiger partial charge < -0.3 is 10.5 Å². The van der Waals surface area contributed by atoms with Crippen molar-refractivity contribution in [2.75, 3.05) is 7.11 Å². The number of nitrogens with zero attached hydrogens (tertiary/aromatic N) is 1. The second-order valence-electron chi connectivity index (χ2n) is 6.00. The maximum absolute atomic E-state index is 6.61. The molecule has 0 amide bonds. The fourth-order valence-corrected chi connectivity index (χ4v) is 3.19. The zero-order valence-corrected chi connectivity index (χ0v) is 12.5. The van der Waals surface area contributed by atoms with Crippen LogP contribution in [0.5, 0.6) is 5.75 Å². The highest BCUT2D eigenvalue weighted by Gasteiger charge is 2.28. The third-order valence-corrected chi connectivity index (χ3v) is 4.37. The van der Waals surface area contributed by atoms with Crippen molar-refractivity contribution in [3.8, 4) is 5.75 Å². The molecule has 106 valence electrons. The summed E-state index contributed by atoms with van der Waals surface area (Å²) < 4.78 is 5.48. The number of aryl methyl sites for hydroxylation is 1. The van der Waals surface area contributed by atoms with Crippen LogP contribution in [0.1, 0.15) is 55.3 Å². The molecule has 1 fully saturated rings. The fourth-order valence-electron chi connectivity index (χ4n) is 3.19. The molecule has 19 heavy (non-hydrogen) atoms. The van der Waals surface area contributed by atoms with E-state index >= 15 is 0 Å². The summed E-state index contributed by atoms with van der Waals surface area (Å²) in [5, 5.41) is 0. The molecule has 1 aromatic heterocycles. The Kier molecular flexibility index (Phi) is 4.46. The van der Waals surface area contributed by atoms with Gasteiger partial charge in [0.25, 0.3) is 0 Å². The molecule has 1 aliphatic rings. The first-order chi connectivity index (χ1) is 9.06. The first kappa shape index (κ1) is 14.3. The third kappa shape index (κ3) is 3.27. The zero-order valence-electron chi connectivity index (χ0n) is 12.5. The van der Waals surface area contributed by atoms with Crippen LogP contribution in [-0.4, -0.2) is 17.6 Å². The smallest absolute Gasteiger partial charge is 0.128 e. The number of methoxy groups -OCH3 is 1. The van der Waals surface area contributed by atoms with Gasteiger partial charge in [-0.15, -0.1) is 0 Å². The predicted molar refractivity (Wildman–Crippen MR) is 78.6 cm³/mol. The molecule has 3 heteroatoms. The van der Waals surface area contributed by atoms with E-state index in [1.807, 2.05) is 13.1 Å². The lowest BCUT2D eigenvalue weighted by molar-refractivity contribution is 0.362. The lowest BCUT2D eigenvalue weighted by Gasteiger charge is -2.28. The van der Waals surface area contributed by atoms with Gasteiger partial charge in [0.05, 0.1) is 7.11 Å². The van der Waals surface area contributed by atoms with Crippen LogP contribution < -0.4 is 10.5 Å². The van der Waals surface area contributed by atoms with Gasteiger partial charge in [-0.05, 0) is 26.7 Å². The lowest BCUT2D eigenvalue weighted by atomic mass is 9.85. The van der Waals surface area contributed by atoms with Gasteiger partial charge in [-0.1, -0.05) is 25.7 Å². The summed E-state index contributed by atoms with van der Waals surface area (Å²) in [6, 6.07) is 0. The van der Waals surface area contributed by atoms with Crippen molar-refractivity contribution in [1.82, 2.24) is 4.98 Å². The summed E-state index contributed by atoms with van der Waals surface area (Å²) in [5.41, 5.74) is 9.88. The van der Waals surface area contributed by atoms with Crippen molar-refractivity contribution < 1.29 is 4.74 Å². The molecule has 1 aromatic rings. The van der Waals surface area contributed by atoms with Crippen molar-refractivity contribution >= 4 is 0 Å². The lowest BCUT2D eigenvalue weighted by Crippen LogP contribution is -2.42. The van der Waals surface area contributed by atoms with Gasteiger partial charge in [0.15, 0.2) is 0 Å². The second-order valence-corrected chi connectivity index (χ2v) is 6.00. The molecular formula is C16H26N2O. The normalized spacial score (nSPS) is 18.9. The van der Waals surface area contributed by atoms with E-state index < -0.39 is 0 Å². The average molecular weight is 262 g/mol. The Bertz CT molecular complexity index is 435. The second kappa shape index (κ2) is 5.91. The highest BCUT2D eigenvalue weighted by Crippen LogP contribution is 2.31. The summed E-state index contributed by atoms with van der Waals surface area (Å²) in [6.07, 6.45) is 10.1. The number of hydrogen-bond acceptors (Lipinski definition) is 3. The maximum atomic E-state index is 6.61. The molecule has 2 rings (SSSR count). The summed E-state index contributed by atoms with van der Waals surface area (Å²) in [4.78, 5) is 4.60. The Morgan fingerprint density at radius 3 is 2.42 bits per heavy atom. The standard InChI is InChI=1S/C16H26N2O/c1-12-11-18-14(13(2)15(12)19-3)10-16(17)8-6-4-5-7-9-16/h11H,4-10,17H2,1-3H3. The summed E-state index contributed by atoms with van der Waals surface area (Å²) in [7, 11) is 1.73. The van der Waals surface area contributed by atoms with Crippen LogP contribution >= 0.6 is 0 Å². The monoisotopic (exact) mass is 262 g/mol. The number of ether oxygens (including phenoxy) is 1. The first-order valence-electron chi connectivity index (χ1n) is 7.34. The van der Waals surface area contributed by atoms with Crippen LogP contribution in [0, 0.1) is 13.8 Å². The molecule has 0 aromatic carbocycles. The molecule has 0 bridgehead atoms. The fraction of sp³-hybridized carbons (Fsp3) is 0.688. The molecule has 0 unspecified atom stereocenters. The number of rotatable bonds is 3.